The average molecular weight is 433 g/mol. The smallest absolute Gasteiger partial charge is 0.257 e. The maximum atomic E-state index is 13.1. The molecule has 1 aliphatic heterocycles. The van der Waals surface area contributed by atoms with Crippen LogP contribution in [0.4, 0.5) is 0 Å². The largest absolute Gasteiger partial charge is 0.493 e. The Morgan fingerprint density at radius 3 is 2.73 bits per heavy atom. The zero-order valence-electron chi connectivity index (χ0n) is 17.6. The molecule has 8 heteroatoms. The van der Waals surface area contributed by atoms with E-state index in [-0.39, 0.29) is 11.8 Å². The van der Waals surface area contributed by atoms with E-state index in [0.717, 1.165) is 37.9 Å². The van der Waals surface area contributed by atoms with Crippen molar-refractivity contribution in [2.24, 2.45) is 0 Å². The van der Waals surface area contributed by atoms with E-state index in [0.29, 0.717) is 48.1 Å². The van der Waals surface area contributed by atoms with Crippen molar-refractivity contribution in [3.8, 4) is 5.75 Å². The van der Waals surface area contributed by atoms with Gasteiger partial charge in [0.1, 0.15) is 5.75 Å². The fourth-order valence-electron chi connectivity index (χ4n) is 3.49. The Hall–Kier alpha value is -2.54. The predicted molar refractivity (Wildman–Crippen MR) is 116 cm³/mol. The Morgan fingerprint density at radius 2 is 2.00 bits per heavy atom. The average Bonchev–Trinajstić information content (AvgIpc) is 3.12. The Labute approximate surface area is 182 Å². The molecular weight excluding hydrogens is 404 g/mol. The quantitative estimate of drug-likeness (QED) is 0.785. The van der Waals surface area contributed by atoms with E-state index in [1.54, 1.807) is 22.9 Å². The standard InChI is InChI=1S/C22H29ClN4O3/c1-3-27-15-19(16(2)25-27)22(29)26-11-5-4-10-24-21(28)18-14-17(23)8-9-20(18)30-13-7-6-12-26/h8-9,14-15H,3-7,10-13H2,1-2H3,(H,24,28). The summed E-state index contributed by atoms with van der Waals surface area (Å²) in [6, 6.07) is 5.08. The van der Waals surface area contributed by atoms with Gasteiger partial charge in [-0.25, -0.2) is 0 Å². The third-order valence-corrected chi connectivity index (χ3v) is 5.43. The van der Waals surface area contributed by atoms with E-state index < -0.39 is 0 Å². The summed E-state index contributed by atoms with van der Waals surface area (Å²) < 4.78 is 7.63. The fourth-order valence-corrected chi connectivity index (χ4v) is 3.66. The minimum atomic E-state index is -0.194. The van der Waals surface area contributed by atoms with Gasteiger partial charge in [0.25, 0.3) is 11.8 Å². The molecule has 2 heterocycles. The molecule has 2 amide bonds. The molecule has 0 atom stereocenters. The molecule has 162 valence electrons. The molecule has 1 aliphatic rings. The summed E-state index contributed by atoms with van der Waals surface area (Å²) in [5, 5.41) is 7.82. The van der Waals surface area contributed by atoms with Crippen molar-refractivity contribution in [2.45, 2.75) is 46.1 Å². The first-order valence-corrected chi connectivity index (χ1v) is 10.9. The van der Waals surface area contributed by atoms with E-state index in [1.807, 2.05) is 24.9 Å². The van der Waals surface area contributed by atoms with Crippen LogP contribution in [0.25, 0.3) is 0 Å². The first-order valence-electron chi connectivity index (χ1n) is 10.5. The summed E-state index contributed by atoms with van der Waals surface area (Å²) in [4.78, 5) is 27.5. The van der Waals surface area contributed by atoms with Crippen LogP contribution >= 0.6 is 11.6 Å². The Bertz CT molecular complexity index is 897. The number of halogens is 1. The molecule has 1 N–H and O–H groups in total. The molecule has 0 saturated carbocycles. The Kier molecular flexibility index (Phi) is 7.74. The van der Waals surface area contributed by atoms with E-state index in [2.05, 4.69) is 10.4 Å². The summed E-state index contributed by atoms with van der Waals surface area (Å²) in [6.07, 6.45) is 5.02. The molecule has 30 heavy (non-hydrogen) atoms. The molecule has 0 saturated heterocycles. The normalized spacial score (nSPS) is 16.2. The first-order chi connectivity index (χ1) is 14.5. The van der Waals surface area contributed by atoms with Gasteiger partial charge in [0.15, 0.2) is 0 Å². The summed E-state index contributed by atoms with van der Waals surface area (Å²) in [5.74, 6) is 0.355. The van der Waals surface area contributed by atoms with Crippen molar-refractivity contribution in [3.05, 3.63) is 46.2 Å². The molecule has 0 aliphatic carbocycles. The Balaban J connectivity index is 1.69. The lowest BCUT2D eigenvalue weighted by atomic mass is 10.1. The lowest BCUT2D eigenvalue weighted by molar-refractivity contribution is 0.0744. The van der Waals surface area contributed by atoms with Gasteiger partial charge in [-0.2, -0.15) is 5.10 Å². The molecule has 0 bridgehead atoms. The van der Waals surface area contributed by atoms with Crippen molar-refractivity contribution in [1.29, 1.82) is 0 Å². The molecular formula is C22H29ClN4O3. The number of aryl methyl sites for hydroxylation is 2. The highest BCUT2D eigenvalue weighted by Crippen LogP contribution is 2.23. The fraction of sp³-hybridized carbons (Fsp3) is 0.500. The second-order valence-corrected chi connectivity index (χ2v) is 7.87. The van der Waals surface area contributed by atoms with Crippen LogP contribution in [-0.2, 0) is 6.54 Å². The van der Waals surface area contributed by atoms with Crippen LogP contribution in [0.5, 0.6) is 5.75 Å². The third-order valence-electron chi connectivity index (χ3n) is 5.19. The number of hydrogen-bond donors (Lipinski definition) is 1. The molecule has 2 aromatic rings. The maximum Gasteiger partial charge on any atom is 0.257 e. The van der Waals surface area contributed by atoms with Gasteiger partial charge in [-0.05, 0) is 57.7 Å². The number of ether oxygens (including phenoxy) is 1. The van der Waals surface area contributed by atoms with Crippen LogP contribution in [0, 0.1) is 6.92 Å². The summed E-state index contributed by atoms with van der Waals surface area (Å²) >= 11 is 6.05. The van der Waals surface area contributed by atoms with Gasteiger partial charge in [0.05, 0.1) is 23.4 Å². The molecule has 0 fully saturated rings. The van der Waals surface area contributed by atoms with E-state index in [9.17, 15) is 9.59 Å². The SMILES string of the molecule is CCn1cc(C(=O)N2CCCCNC(=O)c3cc(Cl)ccc3OCCCC2)c(C)n1. The number of nitrogens with zero attached hydrogens (tertiary/aromatic N) is 3. The summed E-state index contributed by atoms with van der Waals surface area (Å²) in [5.41, 5.74) is 1.88. The summed E-state index contributed by atoms with van der Waals surface area (Å²) in [7, 11) is 0. The number of fused-ring (bicyclic) bond motifs is 1. The topological polar surface area (TPSA) is 76.5 Å². The van der Waals surface area contributed by atoms with Crippen LogP contribution in [-0.4, -0.2) is 52.7 Å². The Morgan fingerprint density at radius 1 is 1.23 bits per heavy atom. The second-order valence-electron chi connectivity index (χ2n) is 7.44. The predicted octanol–water partition coefficient (Wildman–Crippen LogP) is 3.69. The molecule has 1 aromatic heterocycles. The van der Waals surface area contributed by atoms with Gasteiger partial charge in [0.2, 0.25) is 0 Å². The van der Waals surface area contributed by atoms with Crippen LogP contribution in [0.15, 0.2) is 24.4 Å². The van der Waals surface area contributed by atoms with Crippen molar-refractivity contribution in [2.75, 3.05) is 26.2 Å². The van der Waals surface area contributed by atoms with Crippen molar-refractivity contribution < 1.29 is 14.3 Å². The second kappa shape index (κ2) is 10.5. The number of carbonyl (C=O) groups is 2. The van der Waals surface area contributed by atoms with Crippen LogP contribution < -0.4 is 10.1 Å². The van der Waals surface area contributed by atoms with Crippen molar-refractivity contribution >= 4 is 23.4 Å². The van der Waals surface area contributed by atoms with Gasteiger partial charge in [-0.3, -0.25) is 14.3 Å². The first kappa shape index (κ1) is 22.2. The van der Waals surface area contributed by atoms with Gasteiger partial charge in [-0.15, -0.1) is 0 Å². The number of rotatable bonds is 2. The lowest BCUT2D eigenvalue weighted by Crippen LogP contribution is -2.34. The highest BCUT2D eigenvalue weighted by atomic mass is 35.5. The van der Waals surface area contributed by atoms with Gasteiger partial charge >= 0.3 is 0 Å². The van der Waals surface area contributed by atoms with Gasteiger partial charge in [0, 0.05) is 37.4 Å². The number of benzene rings is 1. The van der Waals surface area contributed by atoms with Gasteiger partial charge in [-0.1, -0.05) is 11.6 Å². The summed E-state index contributed by atoms with van der Waals surface area (Å²) in [6.45, 7) is 6.92. The maximum absolute atomic E-state index is 13.1. The number of carbonyl (C=O) groups excluding carboxylic acids is 2. The number of hydrogen-bond acceptors (Lipinski definition) is 4. The third kappa shape index (κ3) is 5.53. The molecule has 1 aromatic carbocycles. The van der Waals surface area contributed by atoms with Crippen LogP contribution in [0.1, 0.15) is 59.0 Å². The van der Waals surface area contributed by atoms with E-state index >= 15 is 0 Å². The minimum absolute atomic E-state index is 0.0178. The number of nitrogens with one attached hydrogen (secondary N) is 1. The van der Waals surface area contributed by atoms with E-state index in [1.165, 1.54) is 0 Å². The van der Waals surface area contributed by atoms with Crippen LogP contribution in [0.2, 0.25) is 5.02 Å². The number of aromatic nitrogens is 2. The highest BCUT2D eigenvalue weighted by molar-refractivity contribution is 6.31. The lowest BCUT2D eigenvalue weighted by Gasteiger charge is -2.23. The highest BCUT2D eigenvalue weighted by Gasteiger charge is 2.20. The molecule has 0 spiro atoms. The van der Waals surface area contributed by atoms with Crippen molar-refractivity contribution in [1.82, 2.24) is 20.0 Å². The minimum Gasteiger partial charge on any atom is -0.493 e. The molecule has 0 unspecified atom stereocenters. The van der Waals surface area contributed by atoms with Crippen LogP contribution in [0.3, 0.4) is 0 Å². The van der Waals surface area contributed by atoms with Gasteiger partial charge < -0.3 is 15.0 Å². The molecule has 0 radical (unpaired) electrons. The molecule has 3 rings (SSSR count). The van der Waals surface area contributed by atoms with Crippen molar-refractivity contribution in [3.63, 3.8) is 0 Å². The zero-order valence-corrected chi connectivity index (χ0v) is 18.4. The monoisotopic (exact) mass is 432 g/mol. The van der Waals surface area contributed by atoms with E-state index in [4.69, 9.17) is 16.3 Å². The molecule has 7 nitrogen and oxygen atoms in total. The number of amides is 2. The zero-order chi connectivity index (χ0) is 21.5.